The molecule has 29 heteroatoms. The van der Waals surface area contributed by atoms with Crippen LogP contribution in [-0.2, 0) is 36.3 Å². The first-order valence-electron chi connectivity index (χ1n) is 30.3. The molecular weight excluding hydrogens is 1240 g/mol. The van der Waals surface area contributed by atoms with Gasteiger partial charge in [-0.1, -0.05) is 109 Å². The second-order valence-corrected chi connectivity index (χ2v) is 26.3. The van der Waals surface area contributed by atoms with E-state index in [4.69, 9.17) is 27.7 Å². The molecule has 0 saturated carbocycles. The summed E-state index contributed by atoms with van der Waals surface area (Å²) in [7, 11) is -5.47. The molecule has 3 aliphatic rings. The highest BCUT2D eigenvalue weighted by atomic mass is 32.2. The molecule has 7 aromatic rings. The summed E-state index contributed by atoms with van der Waals surface area (Å²) < 4.78 is 60.1. The molecule has 94 heavy (non-hydrogen) atoms. The predicted octanol–water partition coefficient (Wildman–Crippen LogP) is 4.52. The van der Waals surface area contributed by atoms with Crippen LogP contribution in [0.15, 0.2) is 172 Å². The van der Waals surface area contributed by atoms with E-state index in [-0.39, 0.29) is 63.3 Å². The van der Waals surface area contributed by atoms with Crippen molar-refractivity contribution in [2.75, 3.05) is 95.7 Å². The Labute approximate surface area is 549 Å². The number of hydrogen-bond acceptors (Lipinski definition) is 19. The van der Waals surface area contributed by atoms with Crippen molar-refractivity contribution in [2.45, 2.75) is 68.6 Å². The Morgan fingerprint density at radius 1 is 0.500 bits per heavy atom. The minimum Gasteiger partial charge on any atom is -0.425 e. The molecule has 0 bridgehead atoms. The summed E-state index contributed by atoms with van der Waals surface area (Å²) in [5.41, 5.74) is 27.3. The van der Waals surface area contributed by atoms with E-state index in [0.717, 1.165) is 55.3 Å². The third-order valence-corrected chi connectivity index (χ3v) is 17.3. The number of sulfonamides is 2. The van der Waals surface area contributed by atoms with Crippen LogP contribution in [-0.4, -0.2) is 170 Å². The number of rotatable bonds is 15. The van der Waals surface area contributed by atoms with Crippen LogP contribution < -0.4 is 48.9 Å². The minimum atomic E-state index is -3.69. The number of nitrogen functional groups attached to an aromatic ring is 3. The van der Waals surface area contributed by atoms with Crippen LogP contribution in [0.5, 0.6) is 5.75 Å². The maximum atomic E-state index is 12.8. The topological polar surface area (TPSA) is 402 Å². The Bertz CT molecular complexity index is 3940. The Kier molecular flexibility index (Phi) is 25.5. The minimum absolute atomic E-state index is 0.0180. The highest BCUT2D eigenvalue weighted by Gasteiger charge is 2.40. The molecule has 6 heterocycles. The summed E-state index contributed by atoms with van der Waals surface area (Å²) in [4.78, 5) is 69.0. The van der Waals surface area contributed by atoms with Crippen molar-refractivity contribution in [3.05, 3.63) is 192 Å². The molecule has 3 aliphatic heterocycles. The third kappa shape index (κ3) is 20.8. The number of likely N-dealkylation sites (tertiary alicyclic amines) is 2. The van der Waals surface area contributed by atoms with Crippen LogP contribution in [0, 0.1) is 0 Å². The number of aliphatic imine (C=N–C) groups is 1. The molecule has 3 amide bonds. The van der Waals surface area contributed by atoms with E-state index in [1.54, 1.807) is 36.2 Å². The van der Waals surface area contributed by atoms with Gasteiger partial charge in [-0.25, -0.2) is 46.7 Å². The summed E-state index contributed by atoms with van der Waals surface area (Å²) >= 11 is 0. The van der Waals surface area contributed by atoms with Crippen LogP contribution >= 0.6 is 0 Å². The molecule has 0 radical (unpaired) electrons. The van der Waals surface area contributed by atoms with Crippen LogP contribution in [0.4, 0.5) is 17.5 Å². The lowest BCUT2D eigenvalue weighted by atomic mass is 9.72. The summed E-state index contributed by atoms with van der Waals surface area (Å²) in [6, 6.07) is 39.1. The lowest BCUT2D eigenvalue weighted by Gasteiger charge is -2.42. The van der Waals surface area contributed by atoms with Crippen LogP contribution in [0.2, 0.25) is 0 Å². The molecule has 12 N–H and O–H groups in total. The van der Waals surface area contributed by atoms with Gasteiger partial charge in [-0.2, -0.15) is 0 Å². The van der Waals surface area contributed by atoms with Crippen molar-refractivity contribution in [2.24, 2.45) is 19.5 Å². The molecule has 3 fully saturated rings. The SMILES string of the molecule is CN=C(C)C.CS(=O)(=O)N=C(N)N1CCC(CNC(=O)c2nccnc2N)(c2ccccc2)CC1.CS(=O)(=O)N=C(Oc1ccccc1)N1CCC(CNC(=O)c2nccnc2N)(c2ccccc2)CC1.Nc1nccnc1C(=O)NCC1(c2ccccc2)CCNCC1. The molecule has 0 atom stereocenters. The number of para-hydroxylation sites is 1. The molecule has 10 rings (SSSR count). The van der Waals surface area contributed by atoms with Crippen molar-refractivity contribution < 1.29 is 36.0 Å². The number of nitrogens with zero attached hydrogens (tertiary/aromatic N) is 11. The first-order valence-corrected chi connectivity index (χ1v) is 34.0. The van der Waals surface area contributed by atoms with Crippen molar-refractivity contribution in [3.8, 4) is 5.75 Å². The van der Waals surface area contributed by atoms with E-state index < -0.39 is 37.3 Å². The van der Waals surface area contributed by atoms with Gasteiger partial charge < -0.3 is 58.7 Å². The third-order valence-electron chi connectivity index (χ3n) is 16.2. The number of piperidine rings is 3. The quantitative estimate of drug-likeness (QED) is 0.0516. The number of anilines is 3. The van der Waals surface area contributed by atoms with Crippen LogP contribution in [0.3, 0.4) is 0 Å². The van der Waals surface area contributed by atoms with E-state index in [9.17, 15) is 31.2 Å². The average molecular weight is 1320 g/mol. The van der Waals surface area contributed by atoms with Crippen molar-refractivity contribution in [1.29, 1.82) is 0 Å². The van der Waals surface area contributed by atoms with Crippen molar-refractivity contribution >= 4 is 72.9 Å². The van der Waals surface area contributed by atoms with Gasteiger partial charge in [-0.3, -0.25) is 19.4 Å². The fourth-order valence-corrected chi connectivity index (χ4v) is 11.8. The maximum Gasteiger partial charge on any atom is 0.308 e. The molecular formula is C65H83N19O8S2. The smallest absolute Gasteiger partial charge is 0.308 e. The number of nitrogens with one attached hydrogen (secondary N) is 4. The number of ether oxygens (including phenoxy) is 1. The molecule has 498 valence electrons. The van der Waals surface area contributed by atoms with Gasteiger partial charge in [-0.05, 0) is 94.3 Å². The molecule has 0 aliphatic carbocycles. The van der Waals surface area contributed by atoms with Gasteiger partial charge in [0.05, 0.1) is 12.5 Å². The first kappa shape index (κ1) is 71.4. The van der Waals surface area contributed by atoms with Gasteiger partial charge in [0.1, 0.15) is 5.75 Å². The summed E-state index contributed by atoms with van der Waals surface area (Å²) in [6.07, 6.45) is 15.2. The van der Waals surface area contributed by atoms with E-state index in [2.05, 4.69) is 77.1 Å². The van der Waals surface area contributed by atoms with Crippen molar-refractivity contribution in [1.82, 2.24) is 61.0 Å². The Hall–Kier alpha value is -10.0. The number of guanidine groups is 1. The largest absolute Gasteiger partial charge is 0.425 e. The fourth-order valence-electron chi connectivity index (χ4n) is 10.9. The average Bonchev–Trinajstić information content (AvgIpc) is 0.805. The van der Waals surface area contributed by atoms with Gasteiger partial charge in [0.25, 0.3) is 37.8 Å². The van der Waals surface area contributed by atoms with Gasteiger partial charge in [0.15, 0.2) is 34.5 Å². The Balaban J connectivity index is 0.000000196. The molecule has 0 unspecified atom stereocenters. The molecule has 0 spiro atoms. The van der Waals surface area contributed by atoms with E-state index in [1.807, 2.05) is 104 Å². The van der Waals surface area contributed by atoms with Crippen LogP contribution in [0.1, 0.15) is 101 Å². The zero-order valence-electron chi connectivity index (χ0n) is 53.4. The van der Waals surface area contributed by atoms with Crippen LogP contribution in [0.25, 0.3) is 0 Å². The number of nitrogens with two attached hydrogens (primary N) is 4. The second kappa shape index (κ2) is 33.5. The van der Waals surface area contributed by atoms with Gasteiger partial charge in [-0.15, -0.1) is 8.80 Å². The predicted molar refractivity (Wildman–Crippen MR) is 365 cm³/mol. The van der Waals surface area contributed by atoms with Gasteiger partial charge >= 0.3 is 6.02 Å². The second-order valence-electron chi connectivity index (χ2n) is 23.0. The standard InChI is InChI=1S/C25H28N6O4S.C19H25N7O3S.C17H21N5O.C4H9N/c1-36(33,34)30-24(35-20-10-6-3-7-11-20)31-16-12-25(13-17-31,19-8-4-2-5-9-19)18-29-23(32)21-22(26)28-15-14-27-21;1-30(28,29)25-18(21)26-11-7-19(8-12-26,14-5-3-2-4-6-14)13-24-17(27)15-16(20)23-10-9-22-15;18-15-14(20-10-11-21-15)16(23)22-12-17(6-8-19-9-7-17)13-4-2-1-3-5-13;1-4(2)5-3/h2-11,14-15H,12-13,16-18H2,1H3,(H2,26,28)(H,29,32);2-6,9-10H,7-8,11-13H2,1H3,(H2,20,23)(H2,21,25)(H,24,27);1-5,10-11,19H,6-9,12H2,(H2,18,21)(H,22,23);1-3H3. The Morgan fingerprint density at radius 3 is 1.13 bits per heavy atom. The highest BCUT2D eigenvalue weighted by molar-refractivity contribution is 7.89. The Morgan fingerprint density at radius 2 is 0.809 bits per heavy atom. The summed E-state index contributed by atoms with van der Waals surface area (Å²) in [6.45, 7) is 9.05. The number of aromatic nitrogens is 6. The number of amidine groups is 1. The summed E-state index contributed by atoms with van der Waals surface area (Å²) in [5.74, 6) is -0.291. The van der Waals surface area contributed by atoms with E-state index >= 15 is 0 Å². The lowest BCUT2D eigenvalue weighted by molar-refractivity contribution is 0.0919. The first-order chi connectivity index (χ1) is 44.9. The van der Waals surface area contributed by atoms with Gasteiger partial charge in [0, 0.05) is 112 Å². The normalized spacial score (nSPS) is 15.9. The molecule has 3 saturated heterocycles. The highest BCUT2D eigenvalue weighted by Crippen LogP contribution is 2.38. The maximum absolute atomic E-state index is 12.8. The zero-order valence-corrected chi connectivity index (χ0v) is 55.1. The number of carbonyl (C=O) groups is 3. The number of benzene rings is 4. The number of amides is 3. The van der Waals surface area contributed by atoms with E-state index in [0.29, 0.717) is 77.2 Å². The monoisotopic (exact) mass is 1320 g/mol. The number of hydrogen-bond donors (Lipinski definition) is 8. The summed E-state index contributed by atoms with van der Waals surface area (Å²) in [5, 5.41) is 12.3. The molecule has 27 nitrogen and oxygen atoms in total. The lowest BCUT2D eigenvalue weighted by Crippen LogP contribution is -2.52. The number of carbonyl (C=O) groups excluding carboxylic acids is 3. The van der Waals surface area contributed by atoms with Crippen molar-refractivity contribution in [3.63, 3.8) is 0 Å². The van der Waals surface area contributed by atoms with E-state index in [1.165, 1.54) is 42.7 Å². The zero-order chi connectivity index (χ0) is 67.8. The molecule has 4 aromatic carbocycles. The van der Waals surface area contributed by atoms with Gasteiger partial charge in [0.2, 0.25) is 5.96 Å². The molecule has 3 aromatic heterocycles. The fraction of sp³-hybridized carbons (Fsp3) is 0.354.